The highest BCUT2D eigenvalue weighted by Crippen LogP contribution is 2.43. The van der Waals surface area contributed by atoms with Gasteiger partial charge in [0.2, 0.25) is 5.91 Å². The van der Waals surface area contributed by atoms with Crippen molar-refractivity contribution in [3.05, 3.63) is 73.7 Å². The molecule has 0 fully saturated rings. The number of hydrogen-bond donors (Lipinski definition) is 2. The quantitative estimate of drug-likeness (QED) is 0.212. The van der Waals surface area contributed by atoms with Crippen molar-refractivity contribution in [2.45, 2.75) is 43.1 Å². The van der Waals surface area contributed by atoms with Gasteiger partial charge in [-0.1, -0.05) is 40.9 Å². The number of halogens is 16. The van der Waals surface area contributed by atoms with Gasteiger partial charge in [-0.15, -0.1) is 0 Å². The van der Waals surface area contributed by atoms with E-state index in [2.05, 4.69) is 0 Å². The summed E-state index contributed by atoms with van der Waals surface area (Å²) in [5.41, 5.74) is -5.63. The van der Waals surface area contributed by atoms with Gasteiger partial charge in [0.1, 0.15) is 24.3 Å². The standard InChI is InChI=1S/C24H14Cl3F13N2O2/c25-14-4-10(5-15(26)19(14)27)12(22(32,33)34)6-16(28)9-1-2-11(13(3-9)23(35,36)37)20(44)42-17(24(38,39)40)7-18(43)41-8-21(29,30)31/h1-6,12,17H,7-8H2,(H,41,43)(H,42,44)/b16-6-. The van der Waals surface area contributed by atoms with Gasteiger partial charge in [-0.3, -0.25) is 9.59 Å². The third kappa shape index (κ3) is 10.3. The predicted molar refractivity (Wildman–Crippen MR) is 132 cm³/mol. The second kappa shape index (κ2) is 13.6. The maximum atomic E-state index is 15.0. The van der Waals surface area contributed by atoms with Crippen molar-refractivity contribution in [1.82, 2.24) is 10.6 Å². The topological polar surface area (TPSA) is 58.2 Å². The van der Waals surface area contributed by atoms with E-state index in [-0.39, 0.29) is 23.2 Å². The van der Waals surface area contributed by atoms with Crippen LogP contribution in [0, 0.1) is 0 Å². The highest BCUT2D eigenvalue weighted by Gasteiger charge is 2.44. The summed E-state index contributed by atoms with van der Waals surface area (Å²) in [6.45, 7) is -2.05. The van der Waals surface area contributed by atoms with Crippen molar-refractivity contribution >= 4 is 52.4 Å². The van der Waals surface area contributed by atoms with Gasteiger partial charge in [-0.05, 0) is 35.9 Å². The van der Waals surface area contributed by atoms with Crippen molar-refractivity contribution in [3.8, 4) is 0 Å². The Morgan fingerprint density at radius 2 is 1.36 bits per heavy atom. The average molecular weight is 716 g/mol. The van der Waals surface area contributed by atoms with Crippen LogP contribution in [0.5, 0.6) is 0 Å². The zero-order chi connectivity index (χ0) is 34.0. The Kier molecular flexibility index (Phi) is 11.5. The number of carbonyl (C=O) groups excluding carboxylic acids is 2. The van der Waals surface area contributed by atoms with E-state index in [1.165, 1.54) is 0 Å². The van der Waals surface area contributed by atoms with Crippen LogP contribution in [0.25, 0.3) is 5.83 Å². The summed E-state index contributed by atoms with van der Waals surface area (Å²) in [5.74, 6) is -8.77. The minimum Gasteiger partial charge on any atom is -0.347 e. The lowest BCUT2D eigenvalue weighted by Gasteiger charge is -2.23. The van der Waals surface area contributed by atoms with Crippen LogP contribution in [0.4, 0.5) is 57.1 Å². The Labute approximate surface area is 253 Å². The fourth-order valence-electron chi connectivity index (χ4n) is 3.44. The van der Waals surface area contributed by atoms with E-state index in [1.807, 2.05) is 0 Å². The molecular formula is C24H14Cl3F13N2O2. The van der Waals surface area contributed by atoms with Gasteiger partial charge in [-0.25, -0.2) is 4.39 Å². The lowest BCUT2D eigenvalue weighted by atomic mass is 9.95. The number of carbonyl (C=O) groups is 2. The summed E-state index contributed by atoms with van der Waals surface area (Å²) in [6.07, 6.45) is -23.4. The molecule has 0 saturated carbocycles. The molecule has 0 heterocycles. The first-order chi connectivity index (χ1) is 19.8. The molecule has 0 radical (unpaired) electrons. The van der Waals surface area contributed by atoms with Crippen LogP contribution < -0.4 is 10.6 Å². The number of rotatable bonds is 8. The molecule has 0 spiro atoms. The van der Waals surface area contributed by atoms with Crippen LogP contribution in [0.2, 0.25) is 15.1 Å². The summed E-state index contributed by atoms with van der Waals surface area (Å²) in [4.78, 5) is 24.0. The summed E-state index contributed by atoms with van der Waals surface area (Å²) in [7, 11) is 0. The molecule has 2 aromatic rings. The Balaban J connectivity index is 2.49. The molecule has 2 unspecified atom stereocenters. The lowest BCUT2D eigenvalue weighted by molar-refractivity contribution is -0.161. The fourth-order valence-corrected chi connectivity index (χ4v) is 4.06. The van der Waals surface area contributed by atoms with E-state index in [0.717, 1.165) is 10.6 Å². The van der Waals surface area contributed by atoms with E-state index in [0.29, 0.717) is 18.2 Å². The average Bonchev–Trinajstić information content (AvgIpc) is 2.85. The Hall–Kier alpha value is -2.92. The second-order valence-electron chi connectivity index (χ2n) is 8.75. The van der Waals surface area contributed by atoms with Gasteiger partial charge in [0.25, 0.3) is 5.91 Å². The van der Waals surface area contributed by atoms with Crippen molar-refractivity contribution in [3.63, 3.8) is 0 Å². The first-order valence-corrected chi connectivity index (χ1v) is 12.5. The summed E-state index contributed by atoms with van der Waals surface area (Å²) in [5, 5.41) is 0.861. The molecule has 0 aliphatic carbocycles. The van der Waals surface area contributed by atoms with Crippen LogP contribution >= 0.6 is 34.8 Å². The molecule has 0 aliphatic heterocycles. The number of hydrogen-bond acceptors (Lipinski definition) is 2. The normalized spacial score (nSPS) is 14.7. The van der Waals surface area contributed by atoms with Gasteiger partial charge in [0, 0.05) is 5.56 Å². The van der Waals surface area contributed by atoms with Crippen LogP contribution in [0.1, 0.15) is 39.4 Å². The van der Waals surface area contributed by atoms with Crippen molar-refractivity contribution in [2.24, 2.45) is 0 Å². The van der Waals surface area contributed by atoms with Gasteiger partial charge in [0.05, 0.1) is 32.6 Å². The molecule has 2 atom stereocenters. The molecule has 0 aromatic heterocycles. The Morgan fingerprint density at radius 3 is 1.82 bits per heavy atom. The maximum absolute atomic E-state index is 15.0. The second-order valence-corrected chi connectivity index (χ2v) is 9.95. The molecule has 0 bridgehead atoms. The fraction of sp³-hybridized carbons (Fsp3) is 0.333. The zero-order valence-corrected chi connectivity index (χ0v) is 23.2. The van der Waals surface area contributed by atoms with E-state index in [1.54, 1.807) is 0 Å². The molecule has 244 valence electrons. The molecule has 0 saturated heterocycles. The van der Waals surface area contributed by atoms with Gasteiger partial charge in [0.15, 0.2) is 0 Å². The largest absolute Gasteiger partial charge is 0.417 e. The number of alkyl halides is 12. The molecule has 20 heteroatoms. The highest BCUT2D eigenvalue weighted by atomic mass is 35.5. The minimum atomic E-state index is -5.60. The summed E-state index contributed by atoms with van der Waals surface area (Å²) >= 11 is 17.1. The first kappa shape index (κ1) is 37.3. The lowest BCUT2D eigenvalue weighted by Crippen LogP contribution is -2.49. The van der Waals surface area contributed by atoms with Crippen LogP contribution in [0.3, 0.4) is 0 Å². The molecule has 2 amide bonds. The third-order valence-electron chi connectivity index (χ3n) is 5.45. The minimum absolute atomic E-state index is 0.148. The SMILES string of the molecule is O=C(CC(NC(=O)c1ccc(/C(F)=C/C(c2cc(Cl)c(Cl)c(Cl)c2)C(F)(F)F)cc1C(F)(F)F)C(F)(F)F)NCC(F)(F)F. The zero-order valence-electron chi connectivity index (χ0n) is 20.9. The Bertz CT molecular complexity index is 1400. The number of nitrogens with one attached hydrogen (secondary N) is 2. The van der Waals surface area contributed by atoms with Gasteiger partial charge in [-0.2, -0.15) is 52.7 Å². The van der Waals surface area contributed by atoms with Crippen molar-refractivity contribution in [2.75, 3.05) is 6.54 Å². The molecular weight excluding hydrogens is 702 g/mol. The van der Waals surface area contributed by atoms with Crippen LogP contribution in [-0.4, -0.2) is 42.9 Å². The van der Waals surface area contributed by atoms with Crippen molar-refractivity contribution < 1.29 is 66.7 Å². The molecule has 44 heavy (non-hydrogen) atoms. The predicted octanol–water partition coefficient (Wildman–Crippen LogP) is 9.05. The van der Waals surface area contributed by atoms with Crippen LogP contribution in [0.15, 0.2) is 36.4 Å². The highest BCUT2D eigenvalue weighted by molar-refractivity contribution is 6.48. The molecule has 2 N–H and O–H groups in total. The van der Waals surface area contributed by atoms with E-state index < -0.39 is 99.6 Å². The van der Waals surface area contributed by atoms with Gasteiger partial charge < -0.3 is 10.6 Å². The summed E-state index contributed by atoms with van der Waals surface area (Å²) in [6, 6.07) is -1.58. The third-order valence-corrected chi connectivity index (χ3v) is 6.65. The van der Waals surface area contributed by atoms with E-state index in [4.69, 9.17) is 34.8 Å². The number of amides is 2. The molecule has 0 aliphatic rings. The number of allylic oxidation sites excluding steroid dienone is 1. The Morgan fingerprint density at radius 1 is 0.818 bits per heavy atom. The number of benzene rings is 2. The smallest absolute Gasteiger partial charge is 0.347 e. The van der Waals surface area contributed by atoms with E-state index in [9.17, 15) is 66.7 Å². The first-order valence-electron chi connectivity index (χ1n) is 11.3. The summed E-state index contributed by atoms with van der Waals surface area (Å²) < 4.78 is 174. The van der Waals surface area contributed by atoms with Gasteiger partial charge >= 0.3 is 24.7 Å². The van der Waals surface area contributed by atoms with Crippen LogP contribution in [-0.2, 0) is 11.0 Å². The molecule has 4 nitrogen and oxygen atoms in total. The maximum Gasteiger partial charge on any atom is 0.417 e. The molecule has 2 rings (SSSR count). The molecule has 2 aromatic carbocycles. The monoisotopic (exact) mass is 714 g/mol. The van der Waals surface area contributed by atoms with Crippen molar-refractivity contribution in [1.29, 1.82) is 0 Å². The van der Waals surface area contributed by atoms with E-state index >= 15 is 0 Å².